The van der Waals surface area contributed by atoms with Gasteiger partial charge in [0, 0.05) is 0 Å². The maximum atomic E-state index is 13.5. The number of benzene rings is 2. The number of ether oxygens (including phenoxy) is 1. The maximum Gasteiger partial charge on any atom is 0.338 e. The Labute approximate surface area is 191 Å². The zero-order valence-electron chi connectivity index (χ0n) is 18.7. The zero-order valence-corrected chi connectivity index (χ0v) is 19.5. The normalized spacial score (nSPS) is 16.2. The third-order valence-corrected chi connectivity index (χ3v) is 6.52. The monoisotopic (exact) mass is 446 g/mol. The topological polar surface area (TPSA) is 60.7 Å². The number of fused-ring (bicyclic) bond motifs is 1. The molecular weight excluding hydrogens is 420 g/mol. The van der Waals surface area contributed by atoms with Crippen molar-refractivity contribution in [3.8, 4) is 0 Å². The Morgan fingerprint density at radius 2 is 1.84 bits per heavy atom. The molecule has 0 N–H and O–H groups in total. The fourth-order valence-electron chi connectivity index (χ4n) is 3.87. The van der Waals surface area contributed by atoms with Crippen LogP contribution >= 0.6 is 11.3 Å². The highest BCUT2D eigenvalue weighted by atomic mass is 32.1. The molecule has 3 aromatic rings. The number of hydrogen-bond acceptors (Lipinski definition) is 5. The first kappa shape index (κ1) is 22.0. The number of carbonyl (C=O) groups excluding carboxylic acids is 1. The van der Waals surface area contributed by atoms with E-state index in [1.807, 2.05) is 48.5 Å². The van der Waals surface area contributed by atoms with Gasteiger partial charge in [-0.3, -0.25) is 9.36 Å². The summed E-state index contributed by atoms with van der Waals surface area (Å²) in [7, 11) is 0. The van der Waals surface area contributed by atoms with E-state index in [1.165, 1.54) is 16.9 Å². The van der Waals surface area contributed by atoms with Crippen LogP contribution in [0.15, 0.2) is 75.7 Å². The molecule has 0 saturated carbocycles. The Kier molecular flexibility index (Phi) is 6.24. The van der Waals surface area contributed by atoms with Crippen molar-refractivity contribution < 1.29 is 9.53 Å². The number of nitrogens with zero attached hydrogens (tertiary/aromatic N) is 2. The van der Waals surface area contributed by atoms with E-state index in [0.717, 1.165) is 11.1 Å². The van der Waals surface area contributed by atoms with Gasteiger partial charge in [0.25, 0.3) is 5.56 Å². The molecule has 1 unspecified atom stereocenters. The minimum Gasteiger partial charge on any atom is -0.463 e. The SMILES string of the molecule is CCOC(=O)C1=C(C)N=c2sc(=Cc3ccc(C(C)C)cc3)c(=O)n2C1c1ccccc1. The number of aromatic nitrogens is 1. The van der Waals surface area contributed by atoms with E-state index in [0.29, 0.717) is 26.5 Å². The highest BCUT2D eigenvalue weighted by Crippen LogP contribution is 2.30. The first-order valence-electron chi connectivity index (χ1n) is 10.7. The van der Waals surface area contributed by atoms with Crippen LogP contribution < -0.4 is 14.9 Å². The van der Waals surface area contributed by atoms with Gasteiger partial charge in [0.05, 0.1) is 28.5 Å². The van der Waals surface area contributed by atoms with Crippen molar-refractivity contribution >= 4 is 23.4 Å². The van der Waals surface area contributed by atoms with Gasteiger partial charge in [-0.05, 0) is 42.5 Å². The Morgan fingerprint density at radius 3 is 2.47 bits per heavy atom. The van der Waals surface area contributed by atoms with Crippen LogP contribution in [0.1, 0.15) is 56.3 Å². The first-order valence-corrected chi connectivity index (χ1v) is 11.6. The summed E-state index contributed by atoms with van der Waals surface area (Å²) in [6, 6.07) is 17.2. The summed E-state index contributed by atoms with van der Waals surface area (Å²) in [5, 5.41) is 0. The molecule has 0 bridgehead atoms. The van der Waals surface area contributed by atoms with Gasteiger partial charge in [0.2, 0.25) is 0 Å². The number of rotatable bonds is 5. The van der Waals surface area contributed by atoms with Gasteiger partial charge >= 0.3 is 5.97 Å². The van der Waals surface area contributed by atoms with E-state index in [4.69, 9.17) is 4.74 Å². The number of allylic oxidation sites excluding steroid dienone is 1. The van der Waals surface area contributed by atoms with Crippen LogP contribution in [0.5, 0.6) is 0 Å². The highest BCUT2D eigenvalue weighted by molar-refractivity contribution is 7.07. The first-order chi connectivity index (χ1) is 15.4. The second kappa shape index (κ2) is 9.09. The van der Waals surface area contributed by atoms with E-state index in [9.17, 15) is 9.59 Å². The van der Waals surface area contributed by atoms with Gasteiger partial charge < -0.3 is 4.74 Å². The summed E-state index contributed by atoms with van der Waals surface area (Å²) in [6.07, 6.45) is 1.89. The summed E-state index contributed by atoms with van der Waals surface area (Å²) in [5.74, 6) is 0.00524. The average Bonchev–Trinajstić information content (AvgIpc) is 3.08. The molecule has 164 valence electrons. The Hall–Kier alpha value is -3.25. The number of esters is 1. The van der Waals surface area contributed by atoms with Crippen molar-refractivity contribution in [2.24, 2.45) is 4.99 Å². The van der Waals surface area contributed by atoms with E-state index in [-0.39, 0.29) is 12.2 Å². The molecule has 1 aliphatic rings. The Balaban J connectivity index is 1.89. The fourth-order valence-corrected chi connectivity index (χ4v) is 4.92. The molecule has 2 heterocycles. The smallest absolute Gasteiger partial charge is 0.338 e. The molecule has 0 saturated heterocycles. The van der Waals surface area contributed by atoms with Crippen LogP contribution in [-0.2, 0) is 9.53 Å². The molecule has 4 rings (SSSR count). The third kappa shape index (κ3) is 4.10. The average molecular weight is 447 g/mol. The van der Waals surface area contributed by atoms with Gasteiger partial charge in [0.15, 0.2) is 4.80 Å². The molecule has 2 aromatic carbocycles. The zero-order chi connectivity index (χ0) is 22.8. The van der Waals surface area contributed by atoms with Gasteiger partial charge in [0.1, 0.15) is 0 Å². The molecule has 1 aliphatic heterocycles. The number of thiazole rings is 1. The minimum atomic E-state index is -0.572. The Morgan fingerprint density at radius 1 is 1.16 bits per heavy atom. The van der Waals surface area contributed by atoms with Crippen LogP contribution in [0.25, 0.3) is 6.08 Å². The molecule has 0 fully saturated rings. The van der Waals surface area contributed by atoms with E-state index in [2.05, 4.69) is 31.0 Å². The molecule has 0 radical (unpaired) electrons. The van der Waals surface area contributed by atoms with Crippen LogP contribution in [0.4, 0.5) is 0 Å². The molecule has 5 nitrogen and oxygen atoms in total. The van der Waals surface area contributed by atoms with Crippen molar-refractivity contribution in [3.05, 3.63) is 102 Å². The lowest BCUT2D eigenvalue weighted by Gasteiger charge is -2.24. The molecule has 0 aliphatic carbocycles. The molecule has 0 spiro atoms. The highest BCUT2D eigenvalue weighted by Gasteiger charge is 2.33. The quantitative estimate of drug-likeness (QED) is 0.558. The van der Waals surface area contributed by atoms with Gasteiger partial charge in [-0.25, -0.2) is 9.79 Å². The summed E-state index contributed by atoms with van der Waals surface area (Å²) >= 11 is 1.34. The molecule has 1 atom stereocenters. The molecule has 6 heteroatoms. The predicted octanol–water partition coefficient (Wildman–Crippen LogP) is 3.92. The predicted molar refractivity (Wildman–Crippen MR) is 127 cm³/mol. The summed E-state index contributed by atoms with van der Waals surface area (Å²) in [6.45, 7) is 8.13. The second-order valence-electron chi connectivity index (χ2n) is 8.03. The van der Waals surface area contributed by atoms with Crippen LogP contribution in [0.3, 0.4) is 0 Å². The summed E-state index contributed by atoms with van der Waals surface area (Å²) in [4.78, 5) is 31.5. The molecular formula is C26H26N2O3S. The van der Waals surface area contributed by atoms with Gasteiger partial charge in [-0.15, -0.1) is 0 Å². The van der Waals surface area contributed by atoms with Crippen LogP contribution in [0.2, 0.25) is 0 Å². The number of carbonyl (C=O) groups is 1. The molecule has 0 amide bonds. The lowest BCUT2D eigenvalue weighted by Crippen LogP contribution is -2.39. The van der Waals surface area contributed by atoms with Gasteiger partial charge in [-0.2, -0.15) is 0 Å². The lowest BCUT2D eigenvalue weighted by atomic mass is 9.96. The van der Waals surface area contributed by atoms with Crippen molar-refractivity contribution in [3.63, 3.8) is 0 Å². The van der Waals surface area contributed by atoms with Crippen molar-refractivity contribution in [2.75, 3.05) is 6.61 Å². The van der Waals surface area contributed by atoms with E-state index >= 15 is 0 Å². The van der Waals surface area contributed by atoms with E-state index in [1.54, 1.807) is 18.4 Å². The minimum absolute atomic E-state index is 0.162. The third-order valence-electron chi connectivity index (χ3n) is 5.53. The van der Waals surface area contributed by atoms with Crippen molar-refractivity contribution in [2.45, 2.75) is 39.7 Å². The Bertz CT molecular complexity index is 1350. The molecule has 1 aromatic heterocycles. The fraction of sp³-hybridized carbons (Fsp3) is 0.269. The van der Waals surface area contributed by atoms with Crippen LogP contribution in [0, 0.1) is 0 Å². The van der Waals surface area contributed by atoms with E-state index < -0.39 is 12.0 Å². The van der Waals surface area contributed by atoms with Gasteiger partial charge in [-0.1, -0.05) is 79.8 Å². The largest absolute Gasteiger partial charge is 0.463 e. The second-order valence-corrected chi connectivity index (χ2v) is 9.04. The maximum absolute atomic E-state index is 13.5. The number of hydrogen-bond donors (Lipinski definition) is 0. The summed E-state index contributed by atoms with van der Waals surface area (Å²) < 4.78 is 7.52. The van der Waals surface area contributed by atoms with Crippen LogP contribution in [-0.4, -0.2) is 17.1 Å². The standard InChI is InChI=1S/C26H26N2O3S/c1-5-31-25(30)22-17(4)27-26-28(23(22)20-9-7-6-8-10-20)24(29)21(32-26)15-18-11-13-19(14-12-18)16(2)3/h6-16,23H,5H2,1-4H3. The lowest BCUT2D eigenvalue weighted by molar-refractivity contribution is -0.139. The van der Waals surface area contributed by atoms with Crippen molar-refractivity contribution in [1.29, 1.82) is 0 Å². The van der Waals surface area contributed by atoms with Crippen molar-refractivity contribution in [1.82, 2.24) is 4.57 Å². The summed E-state index contributed by atoms with van der Waals surface area (Å²) in [5.41, 5.74) is 3.87. The molecule has 32 heavy (non-hydrogen) atoms.